The van der Waals surface area contributed by atoms with Crippen molar-refractivity contribution in [3.8, 4) is 11.5 Å². The number of benzene rings is 2. The van der Waals surface area contributed by atoms with Gasteiger partial charge in [-0.15, -0.1) is 0 Å². The predicted molar refractivity (Wildman–Crippen MR) is 96.1 cm³/mol. The highest BCUT2D eigenvalue weighted by atomic mass is 19.4. The first-order chi connectivity index (χ1) is 12.8. The molecule has 0 aliphatic carbocycles. The topological polar surface area (TPSA) is 47.6 Å². The molecule has 2 aromatic carbocycles. The summed E-state index contributed by atoms with van der Waals surface area (Å²) in [7, 11) is 0. The normalized spacial score (nSPS) is 12.4. The first-order valence-electron chi connectivity index (χ1n) is 8.64. The molecule has 2 aromatic rings. The molecule has 1 amide bonds. The highest BCUT2D eigenvalue weighted by Gasteiger charge is 2.35. The standard InChI is InChI=1S/C20H22F3NO3/c1-4-26-17-11-10-14(12-18(17)27-5-2)13(3)24-19(25)15-8-6-7-9-16(15)20(21,22)23/h6-13H,4-5H2,1-3H3,(H,24,25)/t13-/m1/s1. The molecule has 4 nitrogen and oxygen atoms in total. The maximum absolute atomic E-state index is 13.1. The summed E-state index contributed by atoms with van der Waals surface area (Å²) in [6, 6.07) is 9.37. The Morgan fingerprint density at radius 3 is 2.30 bits per heavy atom. The van der Waals surface area contributed by atoms with Crippen molar-refractivity contribution in [1.29, 1.82) is 0 Å². The van der Waals surface area contributed by atoms with Gasteiger partial charge in [0.1, 0.15) is 0 Å². The van der Waals surface area contributed by atoms with Crippen LogP contribution in [0, 0.1) is 0 Å². The van der Waals surface area contributed by atoms with Gasteiger partial charge in [0.05, 0.1) is 30.4 Å². The zero-order valence-corrected chi connectivity index (χ0v) is 15.4. The van der Waals surface area contributed by atoms with E-state index in [4.69, 9.17) is 9.47 Å². The molecule has 0 aliphatic heterocycles. The fourth-order valence-electron chi connectivity index (χ4n) is 2.62. The fraction of sp³-hybridized carbons (Fsp3) is 0.350. The number of halogens is 3. The molecule has 1 N–H and O–H groups in total. The van der Waals surface area contributed by atoms with Crippen molar-refractivity contribution in [3.05, 3.63) is 59.2 Å². The molecule has 0 aromatic heterocycles. The van der Waals surface area contributed by atoms with Gasteiger partial charge in [-0.3, -0.25) is 4.79 Å². The number of hydrogen-bond donors (Lipinski definition) is 1. The van der Waals surface area contributed by atoms with E-state index in [1.807, 2.05) is 13.8 Å². The molecule has 0 spiro atoms. The molecule has 0 aliphatic rings. The van der Waals surface area contributed by atoms with Crippen LogP contribution in [0.1, 0.15) is 48.3 Å². The van der Waals surface area contributed by atoms with Gasteiger partial charge in [0.15, 0.2) is 11.5 Å². The molecule has 146 valence electrons. The summed E-state index contributed by atoms with van der Waals surface area (Å²) in [5.74, 6) is 0.306. The van der Waals surface area contributed by atoms with E-state index in [9.17, 15) is 18.0 Å². The van der Waals surface area contributed by atoms with Gasteiger partial charge in [-0.2, -0.15) is 13.2 Å². The number of carbonyl (C=O) groups is 1. The molecule has 2 rings (SSSR count). The van der Waals surface area contributed by atoms with Crippen molar-refractivity contribution in [2.75, 3.05) is 13.2 Å². The maximum atomic E-state index is 13.1. The van der Waals surface area contributed by atoms with Crippen molar-refractivity contribution in [2.24, 2.45) is 0 Å². The zero-order valence-electron chi connectivity index (χ0n) is 15.4. The summed E-state index contributed by atoms with van der Waals surface area (Å²) in [6.07, 6.45) is -4.60. The van der Waals surface area contributed by atoms with Crippen LogP contribution in [-0.2, 0) is 6.18 Å². The van der Waals surface area contributed by atoms with E-state index in [1.165, 1.54) is 12.1 Å². The second-order valence-electron chi connectivity index (χ2n) is 5.81. The molecule has 0 bridgehead atoms. The van der Waals surface area contributed by atoms with Gasteiger partial charge in [-0.05, 0) is 50.6 Å². The SMILES string of the molecule is CCOc1ccc([C@@H](C)NC(=O)c2ccccc2C(F)(F)F)cc1OCC. The summed E-state index contributed by atoms with van der Waals surface area (Å²) < 4.78 is 50.4. The summed E-state index contributed by atoms with van der Waals surface area (Å²) in [6.45, 7) is 6.29. The third kappa shape index (κ3) is 5.15. The third-order valence-corrected chi connectivity index (χ3v) is 3.89. The largest absolute Gasteiger partial charge is 0.490 e. The van der Waals surface area contributed by atoms with E-state index in [2.05, 4.69) is 5.32 Å². The summed E-state index contributed by atoms with van der Waals surface area (Å²) in [5.41, 5.74) is -0.677. The van der Waals surface area contributed by atoms with Crippen molar-refractivity contribution < 1.29 is 27.4 Å². The second kappa shape index (κ2) is 8.79. The van der Waals surface area contributed by atoms with Crippen LogP contribution < -0.4 is 14.8 Å². The van der Waals surface area contributed by atoms with Gasteiger partial charge >= 0.3 is 6.18 Å². The van der Waals surface area contributed by atoms with Gasteiger partial charge in [0, 0.05) is 0 Å². The molecule has 0 unspecified atom stereocenters. The smallest absolute Gasteiger partial charge is 0.417 e. The van der Waals surface area contributed by atoms with Crippen molar-refractivity contribution in [2.45, 2.75) is 33.0 Å². The fourth-order valence-corrected chi connectivity index (χ4v) is 2.62. The Morgan fingerprint density at radius 1 is 1.04 bits per heavy atom. The van der Waals surface area contributed by atoms with E-state index < -0.39 is 29.3 Å². The highest BCUT2D eigenvalue weighted by molar-refractivity contribution is 5.96. The van der Waals surface area contributed by atoms with Gasteiger partial charge in [-0.1, -0.05) is 18.2 Å². The van der Waals surface area contributed by atoms with E-state index >= 15 is 0 Å². The van der Waals surface area contributed by atoms with Crippen molar-refractivity contribution in [3.63, 3.8) is 0 Å². The predicted octanol–water partition coefficient (Wildman–Crippen LogP) is 4.99. The van der Waals surface area contributed by atoms with Crippen molar-refractivity contribution >= 4 is 5.91 Å². The molecular formula is C20H22F3NO3. The van der Waals surface area contributed by atoms with Crippen LogP contribution in [0.3, 0.4) is 0 Å². The number of carbonyl (C=O) groups excluding carboxylic acids is 1. The minimum atomic E-state index is -4.60. The monoisotopic (exact) mass is 381 g/mol. The summed E-state index contributed by atoms with van der Waals surface area (Å²) in [5, 5.41) is 2.61. The Labute approximate surface area is 156 Å². The molecule has 0 saturated heterocycles. The number of ether oxygens (including phenoxy) is 2. The van der Waals surface area contributed by atoms with Crippen LogP contribution >= 0.6 is 0 Å². The van der Waals surface area contributed by atoms with Crippen LogP contribution in [0.25, 0.3) is 0 Å². The van der Waals surface area contributed by atoms with E-state index in [0.717, 1.165) is 12.1 Å². The zero-order chi connectivity index (χ0) is 20.0. The van der Waals surface area contributed by atoms with Crippen LogP contribution in [-0.4, -0.2) is 19.1 Å². The first-order valence-corrected chi connectivity index (χ1v) is 8.64. The quantitative estimate of drug-likeness (QED) is 0.735. The molecule has 0 fully saturated rings. The first kappa shape index (κ1) is 20.6. The Kier molecular flexibility index (Phi) is 6.71. The van der Waals surface area contributed by atoms with Crippen LogP contribution in [0.5, 0.6) is 11.5 Å². The second-order valence-corrected chi connectivity index (χ2v) is 5.81. The number of amides is 1. The van der Waals surface area contributed by atoms with E-state index in [-0.39, 0.29) is 0 Å². The Hall–Kier alpha value is -2.70. The lowest BCUT2D eigenvalue weighted by Gasteiger charge is -2.19. The average Bonchev–Trinajstić information content (AvgIpc) is 2.62. The Bertz CT molecular complexity index is 790. The maximum Gasteiger partial charge on any atom is 0.417 e. The molecule has 0 saturated carbocycles. The average molecular weight is 381 g/mol. The van der Waals surface area contributed by atoms with Gasteiger partial charge in [0.25, 0.3) is 5.91 Å². The minimum Gasteiger partial charge on any atom is -0.490 e. The van der Waals surface area contributed by atoms with Crippen molar-refractivity contribution in [1.82, 2.24) is 5.32 Å². The molecule has 1 atom stereocenters. The summed E-state index contributed by atoms with van der Waals surface area (Å²) >= 11 is 0. The van der Waals surface area contributed by atoms with Gasteiger partial charge in [0.2, 0.25) is 0 Å². The number of alkyl halides is 3. The van der Waals surface area contributed by atoms with Crippen LogP contribution in [0.15, 0.2) is 42.5 Å². The number of rotatable bonds is 7. The minimum absolute atomic E-state index is 0.409. The lowest BCUT2D eigenvalue weighted by Crippen LogP contribution is -2.28. The lowest BCUT2D eigenvalue weighted by molar-refractivity contribution is -0.137. The molecular weight excluding hydrogens is 359 g/mol. The van der Waals surface area contributed by atoms with E-state index in [0.29, 0.717) is 30.3 Å². The summed E-state index contributed by atoms with van der Waals surface area (Å²) in [4.78, 5) is 12.4. The number of hydrogen-bond acceptors (Lipinski definition) is 3. The Morgan fingerprint density at radius 2 is 1.67 bits per heavy atom. The van der Waals surface area contributed by atoms with Gasteiger partial charge in [-0.25, -0.2) is 0 Å². The Balaban J connectivity index is 2.24. The molecule has 0 heterocycles. The van der Waals surface area contributed by atoms with Crippen LogP contribution in [0.4, 0.5) is 13.2 Å². The molecule has 27 heavy (non-hydrogen) atoms. The number of nitrogens with one attached hydrogen (secondary N) is 1. The van der Waals surface area contributed by atoms with Gasteiger partial charge < -0.3 is 14.8 Å². The molecule has 7 heteroatoms. The molecule has 0 radical (unpaired) electrons. The highest BCUT2D eigenvalue weighted by Crippen LogP contribution is 2.33. The lowest BCUT2D eigenvalue weighted by atomic mass is 10.0. The van der Waals surface area contributed by atoms with Crippen LogP contribution in [0.2, 0.25) is 0 Å². The van der Waals surface area contributed by atoms with E-state index in [1.54, 1.807) is 25.1 Å². The third-order valence-electron chi connectivity index (χ3n) is 3.89.